The first-order valence-electron chi connectivity index (χ1n) is 6.43. The third-order valence-corrected chi connectivity index (χ3v) is 5.01. The van der Waals surface area contributed by atoms with Gasteiger partial charge in [0.15, 0.2) is 0 Å². The number of nitrogens with one attached hydrogen (secondary N) is 1. The summed E-state index contributed by atoms with van der Waals surface area (Å²) in [5.41, 5.74) is 0. The van der Waals surface area contributed by atoms with Crippen molar-refractivity contribution in [2.24, 2.45) is 0 Å². The summed E-state index contributed by atoms with van der Waals surface area (Å²) < 4.78 is 37.6. The van der Waals surface area contributed by atoms with E-state index in [0.29, 0.717) is 16.6 Å². The van der Waals surface area contributed by atoms with Crippen LogP contribution in [0.5, 0.6) is 11.5 Å². The molecule has 1 aromatic carbocycles. The molecule has 0 aliphatic rings. The minimum Gasteiger partial charge on any atom is -0.495 e. The van der Waals surface area contributed by atoms with Crippen molar-refractivity contribution in [3.05, 3.63) is 16.6 Å². The lowest BCUT2D eigenvalue weighted by Crippen LogP contribution is -2.40. The van der Waals surface area contributed by atoms with Gasteiger partial charge in [0.25, 0.3) is 0 Å². The normalized spacial score (nSPS) is 12.7. The van der Waals surface area contributed by atoms with E-state index in [9.17, 15) is 13.2 Å². The van der Waals surface area contributed by atoms with E-state index in [1.54, 1.807) is 6.92 Å². The fourth-order valence-electron chi connectivity index (χ4n) is 1.81. The highest BCUT2D eigenvalue weighted by molar-refractivity contribution is 9.10. The summed E-state index contributed by atoms with van der Waals surface area (Å²) >= 11 is 3.20. The lowest BCUT2D eigenvalue weighted by atomic mass is 10.2. The van der Waals surface area contributed by atoms with Gasteiger partial charge in [-0.2, -0.15) is 4.72 Å². The highest BCUT2D eigenvalue weighted by Gasteiger charge is 2.28. The Bertz CT molecular complexity index is 646. The van der Waals surface area contributed by atoms with Crippen LogP contribution in [-0.2, 0) is 14.8 Å². The van der Waals surface area contributed by atoms with Crippen LogP contribution in [0, 0.1) is 0 Å². The summed E-state index contributed by atoms with van der Waals surface area (Å²) in [6, 6.07) is 1.53. The van der Waals surface area contributed by atoms with Gasteiger partial charge < -0.3 is 14.6 Å². The van der Waals surface area contributed by atoms with Crippen LogP contribution in [0.2, 0.25) is 0 Å². The fourth-order valence-corrected chi connectivity index (χ4v) is 3.87. The van der Waals surface area contributed by atoms with Gasteiger partial charge in [0, 0.05) is 6.07 Å². The molecule has 0 amide bonds. The molecule has 0 heterocycles. The van der Waals surface area contributed by atoms with Gasteiger partial charge in [-0.1, -0.05) is 13.3 Å². The molecule has 0 saturated heterocycles. The molecule has 0 aliphatic carbocycles. The molecular weight excluding hydrogens is 378 g/mol. The van der Waals surface area contributed by atoms with Gasteiger partial charge in [0.1, 0.15) is 22.4 Å². The van der Waals surface area contributed by atoms with Crippen molar-refractivity contribution in [3.8, 4) is 11.5 Å². The molecule has 1 rings (SSSR count). The third kappa shape index (κ3) is 4.34. The number of carboxylic acid groups (broad SMARTS) is 1. The second-order valence-corrected chi connectivity index (χ2v) is 6.98. The smallest absolute Gasteiger partial charge is 0.321 e. The maximum absolute atomic E-state index is 12.4. The maximum atomic E-state index is 12.4. The van der Waals surface area contributed by atoms with Crippen LogP contribution in [-0.4, -0.2) is 39.8 Å². The molecule has 124 valence electrons. The first kappa shape index (κ1) is 18.7. The molecular formula is C13H18BrNO6S. The van der Waals surface area contributed by atoms with E-state index in [2.05, 4.69) is 20.7 Å². The number of carbonyl (C=O) groups is 1. The van der Waals surface area contributed by atoms with Crippen LogP contribution in [0.1, 0.15) is 19.8 Å². The van der Waals surface area contributed by atoms with Crippen molar-refractivity contribution < 1.29 is 27.8 Å². The van der Waals surface area contributed by atoms with E-state index in [4.69, 9.17) is 14.6 Å². The number of ether oxygens (including phenoxy) is 2. The Kier molecular flexibility index (Phi) is 6.64. The third-order valence-electron chi connectivity index (χ3n) is 2.90. The molecule has 0 fully saturated rings. The van der Waals surface area contributed by atoms with Crippen molar-refractivity contribution in [2.75, 3.05) is 14.2 Å². The number of sulfonamides is 1. The highest BCUT2D eigenvalue weighted by atomic mass is 79.9. The zero-order valence-electron chi connectivity index (χ0n) is 12.4. The molecule has 1 unspecified atom stereocenters. The molecule has 0 spiro atoms. The molecule has 0 saturated carbocycles. The molecule has 0 radical (unpaired) electrons. The van der Waals surface area contributed by atoms with E-state index >= 15 is 0 Å². The average molecular weight is 396 g/mol. The molecule has 7 nitrogen and oxygen atoms in total. The summed E-state index contributed by atoms with van der Waals surface area (Å²) in [4.78, 5) is 11.0. The highest BCUT2D eigenvalue weighted by Crippen LogP contribution is 2.35. The van der Waals surface area contributed by atoms with E-state index in [1.807, 2.05) is 0 Å². The van der Waals surface area contributed by atoms with Crippen molar-refractivity contribution in [1.29, 1.82) is 0 Å². The van der Waals surface area contributed by atoms with Crippen LogP contribution in [0.15, 0.2) is 21.5 Å². The number of rotatable bonds is 8. The Morgan fingerprint density at radius 3 is 2.36 bits per heavy atom. The maximum Gasteiger partial charge on any atom is 0.321 e. The van der Waals surface area contributed by atoms with Crippen LogP contribution in [0.4, 0.5) is 0 Å². The first-order valence-corrected chi connectivity index (χ1v) is 8.71. The summed E-state index contributed by atoms with van der Waals surface area (Å²) in [7, 11) is -1.30. The SMILES string of the molecule is CCCC(NS(=O)(=O)c1cc(Br)c(OC)cc1OC)C(=O)O. The van der Waals surface area contributed by atoms with Gasteiger partial charge in [-0.15, -0.1) is 0 Å². The van der Waals surface area contributed by atoms with Crippen molar-refractivity contribution in [3.63, 3.8) is 0 Å². The van der Waals surface area contributed by atoms with Crippen LogP contribution < -0.4 is 14.2 Å². The quantitative estimate of drug-likeness (QED) is 0.697. The van der Waals surface area contributed by atoms with Gasteiger partial charge in [-0.3, -0.25) is 4.79 Å². The number of benzene rings is 1. The summed E-state index contributed by atoms with van der Waals surface area (Å²) in [5.74, 6) is -0.760. The zero-order valence-corrected chi connectivity index (χ0v) is 14.8. The number of hydrogen-bond acceptors (Lipinski definition) is 5. The summed E-state index contributed by atoms with van der Waals surface area (Å²) in [5, 5.41) is 9.09. The molecule has 2 N–H and O–H groups in total. The van der Waals surface area contributed by atoms with Gasteiger partial charge in [0.05, 0.1) is 18.7 Å². The van der Waals surface area contributed by atoms with E-state index in [1.165, 1.54) is 26.4 Å². The van der Waals surface area contributed by atoms with Crippen LogP contribution in [0.25, 0.3) is 0 Å². The van der Waals surface area contributed by atoms with Crippen LogP contribution in [0.3, 0.4) is 0 Å². The van der Waals surface area contributed by atoms with Gasteiger partial charge in [-0.25, -0.2) is 8.42 Å². The number of methoxy groups -OCH3 is 2. The molecule has 0 aromatic heterocycles. The standard InChI is InChI=1S/C13H18BrNO6S/c1-4-5-9(13(16)17)15-22(18,19)12-6-8(14)10(20-2)7-11(12)21-3/h6-7,9,15H,4-5H2,1-3H3,(H,16,17). The second-order valence-electron chi connectivity index (χ2n) is 4.44. The minimum absolute atomic E-state index is 0.0631. The van der Waals surface area contributed by atoms with Crippen molar-refractivity contribution in [1.82, 2.24) is 4.72 Å². The lowest BCUT2D eigenvalue weighted by Gasteiger charge is -2.17. The number of aliphatic carboxylic acids is 1. The molecule has 1 aromatic rings. The first-order chi connectivity index (χ1) is 10.3. The minimum atomic E-state index is -4.06. The van der Waals surface area contributed by atoms with Crippen molar-refractivity contribution in [2.45, 2.75) is 30.7 Å². The molecule has 0 aliphatic heterocycles. The summed E-state index contributed by atoms with van der Waals surface area (Å²) in [6.45, 7) is 1.77. The predicted octanol–water partition coefficient (Wildman–Crippen LogP) is 2.00. The monoisotopic (exact) mass is 395 g/mol. The Morgan fingerprint density at radius 2 is 1.91 bits per heavy atom. The van der Waals surface area contributed by atoms with E-state index in [-0.39, 0.29) is 17.1 Å². The Morgan fingerprint density at radius 1 is 1.32 bits per heavy atom. The predicted molar refractivity (Wildman–Crippen MR) is 83.9 cm³/mol. The second kappa shape index (κ2) is 7.80. The number of halogens is 1. The molecule has 0 bridgehead atoms. The van der Waals surface area contributed by atoms with Gasteiger partial charge >= 0.3 is 5.97 Å². The largest absolute Gasteiger partial charge is 0.495 e. The summed E-state index contributed by atoms with van der Waals surface area (Å²) in [6.07, 6.45) is 0.719. The van der Waals surface area contributed by atoms with E-state index < -0.39 is 22.0 Å². The molecule has 1 atom stereocenters. The van der Waals surface area contributed by atoms with Gasteiger partial charge in [-0.05, 0) is 28.4 Å². The molecule has 9 heteroatoms. The van der Waals surface area contributed by atoms with Gasteiger partial charge in [0.2, 0.25) is 10.0 Å². The fraction of sp³-hybridized carbons (Fsp3) is 0.462. The topological polar surface area (TPSA) is 102 Å². The Hall–Kier alpha value is -1.32. The van der Waals surface area contributed by atoms with E-state index in [0.717, 1.165) is 0 Å². The molecule has 22 heavy (non-hydrogen) atoms. The van der Waals surface area contributed by atoms with Crippen LogP contribution >= 0.6 is 15.9 Å². The Balaban J connectivity index is 3.27. The average Bonchev–Trinajstić information content (AvgIpc) is 2.46. The lowest BCUT2D eigenvalue weighted by molar-refractivity contribution is -0.139. The Labute approximate surface area is 137 Å². The number of hydrogen-bond donors (Lipinski definition) is 2. The van der Waals surface area contributed by atoms with Crippen molar-refractivity contribution >= 4 is 31.9 Å². The number of carboxylic acids is 1. The zero-order chi connectivity index (χ0) is 16.9.